The number of aryl methyl sites for hydroxylation is 1. The summed E-state index contributed by atoms with van der Waals surface area (Å²) >= 11 is 0. The van der Waals surface area contributed by atoms with Crippen LogP contribution >= 0.6 is 0 Å². The first kappa shape index (κ1) is 13.1. The number of aromatic nitrogens is 2. The van der Waals surface area contributed by atoms with Gasteiger partial charge in [-0.25, -0.2) is 9.97 Å². The Balaban J connectivity index is 1.95. The fourth-order valence-electron chi connectivity index (χ4n) is 2.20. The molecule has 1 saturated heterocycles. The molecule has 18 heavy (non-hydrogen) atoms. The molecule has 1 aliphatic heterocycles. The summed E-state index contributed by atoms with van der Waals surface area (Å²) in [6.45, 7) is 4.00. The van der Waals surface area contributed by atoms with Crippen LogP contribution in [0.2, 0.25) is 0 Å². The topological polar surface area (TPSA) is 53.1 Å². The number of hydrogen-bond donors (Lipinski definition) is 2. The number of nitrogens with zero attached hydrogens (tertiary/aromatic N) is 3. The van der Waals surface area contributed by atoms with Crippen molar-refractivity contribution in [1.29, 1.82) is 0 Å². The minimum atomic E-state index is 0.567. The van der Waals surface area contributed by atoms with Crippen molar-refractivity contribution in [1.82, 2.24) is 15.3 Å². The summed E-state index contributed by atoms with van der Waals surface area (Å²) in [6.07, 6.45) is 3.87. The number of piperidine rings is 1. The van der Waals surface area contributed by atoms with Gasteiger partial charge in [0.1, 0.15) is 17.5 Å². The van der Waals surface area contributed by atoms with Gasteiger partial charge in [0, 0.05) is 32.7 Å². The van der Waals surface area contributed by atoms with Gasteiger partial charge in [-0.05, 0) is 26.3 Å². The molecule has 0 aliphatic carbocycles. The molecule has 2 N–H and O–H groups in total. The van der Waals surface area contributed by atoms with Gasteiger partial charge >= 0.3 is 0 Å². The maximum atomic E-state index is 4.42. The zero-order chi connectivity index (χ0) is 13.0. The second-order valence-corrected chi connectivity index (χ2v) is 5.08. The maximum Gasteiger partial charge on any atom is 0.133 e. The molecule has 100 valence electrons. The standard InChI is InChI=1S/C13H23N5/c1-10-16-12(8-13(17-10)18(2)3)15-9-11-6-4-5-7-14-11/h8,11,14H,4-7,9H2,1-3H3,(H,15,16,17). The summed E-state index contributed by atoms with van der Waals surface area (Å²) in [5.74, 6) is 2.67. The molecule has 1 aliphatic rings. The first-order valence-corrected chi connectivity index (χ1v) is 6.65. The van der Waals surface area contributed by atoms with Crippen molar-refractivity contribution in [2.24, 2.45) is 0 Å². The zero-order valence-corrected chi connectivity index (χ0v) is 11.5. The number of nitrogens with one attached hydrogen (secondary N) is 2. The Bertz CT molecular complexity index is 385. The molecule has 1 aromatic heterocycles. The summed E-state index contributed by atoms with van der Waals surface area (Å²) in [6, 6.07) is 2.56. The molecule has 0 amide bonds. The van der Waals surface area contributed by atoms with Crippen molar-refractivity contribution < 1.29 is 0 Å². The van der Waals surface area contributed by atoms with Crippen molar-refractivity contribution in [3.63, 3.8) is 0 Å². The van der Waals surface area contributed by atoms with Crippen LogP contribution in [-0.2, 0) is 0 Å². The van der Waals surface area contributed by atoms with Gasteiger partial charge in [0.05, 0.1) is 0 Å². The normalized spacial score (nSPS) is 19.6. The van der Waals surface area contributed by atoms with Gasteiger partial charge in [-0.3, -0.25) is 0 Å². The van der Waals surface area contributed by atoms with Gasteiger partial charge in [-0.2, -0.15) is 0 Å². The fraction of sp³-hybridized carbons (Fsp3) is 0.692. The van der Waals surface area contributed by atoms with Crippen molar-refractivity contribution in [2.45, 2.75) is 32.2 Å². The minimum absolute atomic E-state index is 0.567. The molecule has 1 atom stereocenters. The van der Waals surface area contributed by atoms with Crippen molar-refractivity contribution in [3.8, 4) is 0 Å². The molecule has 0 aromatic carbocycles. The highest BCUT2D eigenvalue weighted by Gasteiger charge is 2.12. The van der Waals surface area contributed by atoms with E-state index in [1.807, 2.05) is 32.0 Å². The van der Waals surface area contributed by atoms with E-state index >= 15 is 0 Å². The maximum absolute atomic E-state index is 4.42. The van der Waals surface area contributed by atoms with E-state index in [1.54, 1.807) is 0 Å². The van der Waals surface area contributed by atoms with E-state index in [9.17, 15) is 0 Å². The fourth-order valence-corrected chi connectivity index (χ4v) is 2.20. The number of hydrogen-bond acceptors (Lipinski definition) is 5. The van der Waals surface area contributed by atoms with Gasteiger partial charge in [0.2, 0.25) is 0 Å². The molecule has 2 rings (SSSR count). The predicted octanol–water partition coefficient (Wildman–Crippen LogP) is 1.41. The van der Waals surface area contributed by atoms with E-state index in [1.165, 1.54) is 19.3 Å². The zero-order valence-electron chi connectivity index (χ0n) is 11.5. The van der Waals surface area contributed by atoms with Gasteiger partial charge in [0.15, 0.2) is 0 Å². The molecule has 0 radical (unpaired) electrons. The third-order valence-electron chi connectivity index (χ3n) is 3.22. The lowest BCUT2D eigenvalue weighted by Crippen LogP contribution is -2.39. The third kappa shape index (κ3) is 3.57. The Morgan fingerprint density at radius 3 is 2.89 bits per heavy atom. The first-order valence-electron chi connectivity index (χ1n) is 6.65. The van der Waals surface area contributed by atoms with Crippen LogP contribution in [-0.4, -0.2) is 43.2 Å². The van der Waals surface area contributed by atoms with E-state index in [4.69, 9.17) is 0 Å². The van der Waals surface area contributed by atoms with Crippen molar-refractivity contribution in [2.75, 3.05) is 37.4 Å². The molecule has 0 saturated carbocycles. The lowest BCUT2D eigenvalue weighted by atomic mass is 10.1. The lowest BCUT2D eigenvalue weighted by molar-refractivity contribution is 0.414. The molecule has 5 heteroatoms. The lowest BCUT2D eigenvalue weighted by Gasteiger charge is -2.24. The molecule has 1 aromatic rings. The van der Waals surface area contributed by atoms with Crippen LogP contribution in [0.4, 0.5) is 11.6 Å². The molecular formula is C13H23N5. The van der Waals surface area contributed by atoms with Gasteiger partial charge in [-0.15, -0.1) is 0 Å². The Morgan fingerprint density at radius 2 is 2.22 bits per heavy atom. The second kappa shape index (κ2) is 6.00. The smallest absolute Gasteiger partial charge is 0.133 e. The molecule has 1 fully saturated rings. The molecule has 0 bridgehead atoms. The van der Waals surface area contributed by atoms with Crippen molar-refractivity contribution in [3.05, 3.63) is 11.9 Å². The largest absolute Gasteiger partial charge is 0.368 e. The second-order valence-electron chi connectivity index (χ2n) is 5.08. The van der Waals surface area contributed by atoms with Gasteiger partial charge in [0.25, 0.3) is 0 Å². The summed E-state index contributed by atoms with van der Waals surface area (Å²) in [5, 5.41) is 6.94. The van der Waals surface area contributed by atoms with Gasteiger partial charge in [-0.1, -0.05) is 6.42 Å². The Hall–Kier alpha value is -1.36. The molecule has 2 heterocycles. The average Bonchev–Trinajstić information content (AvgIpc) is 2.37. The predicted molar refractivity (Wildman–Crippen MR) is 75.2 cm³/mol. The SMILES string of the molecule is Cc1nc(NCC2CCCCN2)cc(N(C)C)n1. The Morgan fingerprint density at radius 1 is 1.39 bits per heavy atom. The van der Waals surface area contributed by atoms with Crippen LogP contribution in [0.1, 0.15) is 25.1 Å². The molecule has 0 spiro atoms. The van der Waals surface area contributed by atoms with E-state index in [2.05, 4.69) is 20.6 Å². The van der Waals surface area contributed by atoms with Crippen LogP contribution in [0.5, 0.6) is 0 Å². The quantitative estimate of drug-likeness (QED) is 0.845. The van der Waals surface area contributed by atoms with Crippen LogP contribution in [0, 0.1) is 6.92 Å². The van der Waals surface area contributed by atoms with Crippen LogP contribution in [0.3, 0.4) is 0 Å². The monoisotopic (exact) mass is 249 g/mol. The highest BCUT2D eigenvalue weighted by molar-refractivity contribution is 5.48. The summed E-state index contributed by atoms with van der Waals surface area (Å²) in [7, 11) is 3.99. The van der Waals surface area contributed by atoms with Crippen LogP contribution < -0.4 is 15.5 Å². The molecule has 1 unspecified atom stereocenters. The first-order chi connectivity index (χ1) is 8.65. The summed E-state index contributed by atoms with van der Waals surface area (Å²) < 4.78 is 0. The van der Waals surface area contributed by atoms with E-state index in [0.29, 0.717) is 6.04 Å². The number of rotatable bonds is 4. The van der Waals surface area contributed by atoms with Crippen molar-refractivity contribution >= 4 is 11.6 Å². The summed E-state index contributed by atoms with van der Waals surface area (Å²) in [4.78, 5) is 10.8. The van der Waals surface area contributed by atoms with E-state index in [-0.39, 0.29) is 0 Å². The molecular weight excluding hydrogens is 226 g/mol. The minimum Gasteiger partial charge on any atom is -0.368 e. The summed E-state index contributed by atoms with van der Waals surface area (Å²) in [5.41, 5.74) is 0. The van der Waals surface area contributed by atoms with E-state index in [0.717, 1.165) is 30.5 Å². The molecule has 5 nitrogen and oxygen atoms in total. The van der Waals surface area contributed by atoms with Gasteiger partial charge < -0.3 is 15.5 Å². The third-order valence-corrected chi connectivity index (χ3v) is 3.22. The van der Waals surface area contributed by atoms with Crippen LogP contribution in [0.25, 0.3) is 0 Å². The Labute approximate surface area is 109 Å². The van der Waals surface area contributed by atoms with E-state index < -0.39 is 0 Å². The Kier molecular flexibility index (Phi) is 4.36. The number of anilines is 2. The highest BCUT2D eigenvalue weighted by Crippen LogP contribution is 2.14. The average molecular weight is 249 g/mol. The van der Waals surface area contributed by atoms with Crippen LogP contribution in [0.15, 0.2) is 6.07 Å². The highest BCUT2D eigenvalue weighted by atomic mass is 15.2.